The summed E-state index contributed by atoms with van der Waals surface area (Å²) in [5.74, 6) is -0.144. The molecule has 0 spiro atoms. The average Bonchev–Trinajstić information content (AvgIpc) is 2.43. The van der Waals surface area contributed by atoms with Crippen LogP contribution in [0.25, 0.3) is 0 Å². The predicted octanol–water partition coefficient (Wildman–Crippen LogP) is 3.10. The van der Waals surface area contributed by atoms with Crippen LogP contribution >= 0.6 is 0 Å². The first-order valence-electron chi connectivity index (χ1n) is 6.17. The summed E-state index contributed by atoms with van der Waals surface area (Å²) in [6.45, 7) is 9.25. The van der Waals surface area contributed by atoms with E-state index in [0.717, 1.165) is 17.5 Å². The van der Waals surface area contributed by atoms with Crippen molar-refractivity contribution in [1.82, 2.24) is 0 Å². The first-order chi connectivity index (χ1) is 7.85. The first-order valence-corrected chi connectivity index (χ1v) is 6.17. The number of benzene rings is 1. The van der Waals surface area contributed by atoms with E-state index in [2.05, 4.69) is 26.8 Å². The van der Waals surface area contributed by atoms with Crippen molar-refractivity contribution in [3.05, 3.63) is 34.4 Å². The van der Waals surface area contributed by atoms with E-state index in [1.54, 1.807) is 0 Å². The molecule has 1 aliphatic carbocycles. The minimum atomic E-state index is -0.144. The van der Waals surface area contributed by atoms with Gasteiger partial charge >= 0.3 is 5.97 Å². The molecule has 1 aromatic carbocycles. The van der Waals surface area contributed by atoms with Gasteiger partial charge in [0.1, 0.15) is 6.61 Å². The van der Waals surface area contributed by atoms with Gasteiger partial charge in [-0.15, -0.1) is 0 Å². The fraction of sp³-hybridized carbons (Fsp3) is 0.533. The summed E-state index contributed by atoms with van der Waals surface area (Å²) >= 11 is 0. The van der Waals surface area contributed by atoms with Crippen molar-refractivity contribution in [2.24, 2.45) is 0 Å². The van der Waals surface area contributed by atoms with Crippen LogP contribution in [0.15, 0.2) is 12.1 Å². The Morgan fingerprint density at radius 3 is 2.65 bits per heavy atom. The first kappa shape index (κ1) is 10.8. The van der Waals surface area contributed by atoms with E-state index in [1.807, 2.05) is 13.0 Å². The summed E-state index contributed by atoms with van der Waals surface area (Å²) in [5.41, 5.74) is 4.59. The lowest BCUT2D eigenvalue weighted by Crippen LogP contribution is -2.35. The molecule has 1 atom stereocenters. The van der Waals surface area contributed by atoms with Gasteiger partial charge in [0.15, 0.2) is 0 Å². The Morgan fingerprint density at radius 1 is 1.24 bits per heavy atom. The number of rotatable bonds is 0. The number of ether oxygens (including phenoxy) is 1. The zero-order chi connectivity index (χ0) is 12.4. The molecule has 2 aliphatic rings. The Morgan fingerprint density at radius 2 is 1.94 bits per heavy atom. The zero-order valence-electron chi connectivity index (χ0n) is 10.9. The van der Waals surface area contributed by atoms with Crippen molar-refractivity contribution in [3.63, 3.8) is 0 Å². The van der Waals surface area contributed by atoms with Crippen molar-refractivity contribution in [2.75, 3.05) is 6.61 Å². The highest BCUT2D eigenvalue weighted by molar-refractivity contribution is 5.95. The third-order valence-corrected chi connectivity index (χ3v) is 4.30. The van der Waals surface area contributed by atoms with Gasteiger partial charge in [0.05, 0.1) is 5.56 Å². The highest BCUT2D eigenvalue weighted by Gasteiger charge is 2.50. The van der Waals surface area contributed by atoms with E-state index in [-0.39, 0.29) is 16.8 Å². The average molecular weight is 230 g/mol. The minimum Gasteiger partial charge on any atom is -0.461 e. The van der Waals surface area contributed by atoms with E-state index < -0.39 is 0 Å². The van der Waals surface area contributed by atoms with Gasteiger partial charge in [-0.1, -0.05) is 32.9 Å². The molecule has 0 aromatic heterocycles. The van der Waals surface area contributed by atoms with Crippen LogP contribution in [0.2, 0.25) is 0 Å². The van der Waals surface area contributed by atoms with Gasteiger partial charge in [-0.25, -0.2) is 4.79 Å². The summed E-state index contributed by atoms with van der Waals surface area (Å²) in [7, 11) is 0. The van der Waals surface area contributed by atoms with Crippen LogP contribution in [-0.4, -0.2) is 12.6 Å². The van der Waals surface area contributed by atoms with Crippen molar-refractivity contribution in [2.45, 2.75) is 44.9 Å². The Hall–Kier alpha value is -1.31. The second kappa shape index (κ2) is 2.92. The van der Waals surface area contributed by atoms with E-state index in [1.165, 1.54) is 11.1 Å². The molecule has 1 heterocycles. The maximum Gasteiger partial charge on any atom is 0.338 e. The fourth-order valence-electron chi connectivity index (χ4n) is 3.74. The van der Waals surface area contributed by atoms with Gasteiger partial charge in [-0.05, 0) is 35.4 Å². The molecule has 0 saturated heterocycles. The second-order valence-electron chi connectivity index (χ2n) is 6.38. The highest BCUT2D eigenvalue weighted by Crippen LogP contribution is 2.53. The molecule has 2 heteroatoms. The third kappa shape index (κ3) is 1.24. The normalized spacial score (nSPS) is 28.8. The Labute approximate surface area is 102 Å². The molecule has 0 bridgehead atoms. The molecule has 17 heavy (non-hydrogen) atoms. The van der Waals surface area contributed by atoms with Gasteiger partial charge in [-0.3, -0.25) is 0 Å². The fourth-order valence-corrected chi connectivity index (χ4v) is 3.74. The Bertz CT molecular complexity index is 528. The maximum atomic E-state index is 12.0. The van der Waals surface area contributed by atoms with Crippen LogP contribution in [0.3, 0.4) is 0 Å². The van der Waals surface area contributed by atoms with E-state index in [4.69, 9.17) is 4.74 Å². The van der Waals surface area contributed by atoms with E-state index >= 15 is 0 Å². The molecule has 1 aliphatic heterocycles. The molecular formula is C15H18O2. The summed E-state index contributed by atoms with van der Waals surface area (Å²) in [5, 5.41) is 0. The molecule has 2 nitrogen and oxygen atoms in total. The Balaban J connectivity index is 2.39. The molecule has 90 valence electrons. The standard InChI is InChI=1S/C15H18O2/c1-9-5-6-10-12-11(9)13(16)17-8-15(12,4)7-14(10,2)3/h5-6H,7-8H2,1-4H3. The van der Waals surface area contributed by atoms with Crippen LogP contribution in [0.1, 0.15) is 54.2 Å². The van der Waals surface area contributed by atoms with Gasteiger partial charge in [0.25, 0.3) is 0 Å². The lowest BCUT2D eigenvalue weighted by Gasteiger charge is -2.32. The number of carbonyl (C=O) groups excluding carboxylic acids is 1. The molecule has 0 saturated carbocycles. The van der Waals surface area contributed by atoms with Crippen LogP contribution in [0, 0.1) is 6.92 Å². The van der Waals surface area contributed by atoms with Crippen molar-refractivity contribution in [3.8, 4) is 0 Å². The smallest absolute Gasteiger partial charge is 0.338 e. The van der Waals surface area contributed by atoms with Crippen LogP contribution < -0.4 is 0 Å². The van der Waals surface area contributed by atoms with Crippen molar-refractivity contribution < 1.29 is 9.53 Å². The quantitative estimate of drug-likeness (QED) is 0.640. The molecular weight excluding hydrogens is 212 g/mol. The van der Waals surface area contributed by atoms with Crippen molar-refractivity contribution in [1.29, 1.82) is 0 Å². The summed E-state index contributed by atoms with van der Waals surface area (Å²) in [4.78, 5) is 12.0. The van der Waals surface area contributed by atoms with Gasteiger partial charge in [0, 0.05) is 5.41 Å². The van der Waals surface area contributed by atoms with Gasteiger partial charge in [0.2, 0.25) is 0 Å². The van der Waals surface area contributed by atoms with E-state index in [9.17, 15) is 4.79 Å². The number of aryl methyl sites for hydroxylation is 1. The molecule has 0 fully saturated rings. The SMILES string of the molecule is Cc1ccc2c3c1C(=O)OCC3(C)CC2(C)C. The maximum absolute atomic E-state index is 12.0. The molecule has 1 unspecified atom stereocenters. The predicted molar refractivity (Wildman–Crippen MR) is 66.5 cm³/mol. The lowest BCUT2D eigenvalue weighted by atomic mass is 9.78. The topological polar surface area (TPSA) is 26.3 Å². The van der Waals surface area contributed by atoms with Crippen LogP contribution in [0.5, 0.6) is 0 Å². The number of esters is 1. The Kier molecular flexibility index (Phi) is 1.86. The number of hydrogen-bond donors (Lipinski definition) is 0. The molecule has 0 N–H and O–H groups in total. The molecule has 1 aromatic rings. The van der Waals surface area contributed by atoms with Crippen LogP contribution in [-0.2, 0) is 15.6 Å². The summed E-state index contributed by atoms with van der Waals surface area (Å²) in [6.07, 6.45) is 1.05. The highest BCUT2D eigenvalue weighted by atomic mass is 16.5. The lowest BCUT2D eigenvalue weighted by molar-refractivity contribution is 0.0347. The number of hydrogen-bond acceptors (Lipinski definition) is 2. The zero-order valence-corrected chi connectivity index (χ0v) is 10.9. The molecule has 3 rings (SSSR count). The minimum absolute atomic E-state index is 0.00803. The largest absolute Gasteiger partial charge is 0.461 e. The van der Waals surface area contributed by atoms with E-state index in [0.29, 0.717) is 6.61 Å². The number of carbonyl (C=O) groups is 1. The second-order valence-corrected chi connectivity index (χ2v) is 6.38. The van der Waals surface area contributed by atoms with Gasteiger partial charge < -0.3 is 4.74 Å². The summed E-state index contributed by atoms with van der Waals surface area (Å²) in [6, 6.07) is 4.24. The molecule has 0 amide bonds. The summed E-state index contributed by atoms with van der Waals surface area (Å²) < 4.78 is 5.38. The third-order valence-electron chi connectivity index (χ3n) is 4.30. The van der Waals surface area contributed by atoms with Crippen molar-refractivity contribution >= 4 is 5.97 Å². The number of cyclic esters (lactones) is 1. The molecule has 0 radical (unpaired) electrons. The van der Waals surface area contributed by atoms with Gasteiger partial charge in [-0.2, -0.15) is 0 Å². The van der Waals surface area contributed by atoms with Crippen LogP contribution in [0.4, 0.5) is 0 Å². The monoisotopic (exact) mass is 230 g/mol.